The number of carbonyl (C=O) groups is 4. The summed E-state index contributed by atoms with van der Waals surface area (Å²) in [5, 5.41) is 45.3. The Hall–Kier alpha value is -4.07. The van der Waals surface area contributed by atoms with E-state index < -0.39 is 48.4 Å². The van der Waals surface area contributed by atoms with E-state index >= 15 is 0 Å². The lowest BCUT2D eigenvalue weighted by Crippen LogP contribution is -2.55. The summed E-state index contributed by atoms with van der Waals surface area (Å²) in [6.07, 6.45) is -0.0589. The summed E-state index contributed by atoms with van der Waals surface area (Å²) in [6, 6.07) is 8.59. The summed E-state index contributed by atoms with van der Waals surface area (Å²) < 4.78 is 0. The molecule has 0 saturated heterocycles. The van der Waals surface area contributed by atoms with Crippen molar-refractivity contribution in [1.29, 1.82) is 0 Å². The normalized spacial score (nSPS) is 17.9. The highest BCUT2D eigenvalue weighted by Gasteiger charge is 2.28. The molecule has 2 heterocycles. The Balaban J connectivity index is 1.95. The molecule has 3 rings (SSSR count). The van der Waals surface area contributed by atoms with Crippen molar-refractivity contribution in [1.82, 2.24) is 19.7 Å². The third-order valence-corrected chi connectivity index (χ3v) is 7.31. The standard InChI is InChI=1S/C28H37N5O8/c1-18(26(36)37)31-11-13-32(23(27(38)39)10-7-19-5-8-20(29)9-6-19)16-21-3-2-4-22(30-21)17-33(14-12-31)24(28(40)41)15-25(34)35/h2-6,8-9,18,23-24H,7,10-17,29H2,1H3,(H,34,35)(H,36,37)(H,38,39)(H,40,41)/p-3. The van der Waals surface area contributed by atoms with Crippen molar-refractivity contribution in [2.24, 2.45) is 0 Å². The average Bonchev–Trinajstić information content (AvgIpc) is 2.90. The maximum absolute atomic E-state index is 12.3. The van der Waals surface area contributed by atoms with Crippen molar-refractivity contribution in [2.75, 3.05) is 31.9 Å². The van der Waals surface area contributed by atoms with Gasteiger partial charge < -0.3 is 40.5 Å². The molecule has 0 saturated carbocycles. The van der Waals surface area contributed by atoms with Crippen molar-refractivity contribution < 1.29 is 39.6 Å². The van der Waals surface area contributed by atoms with Crippen molar-refractivity contribution in [3.63, 3.8) is 0 Å². The largest absolute Gasteiger partial charge is 0.548 e. The van der Waals surface area contributed by atoms with Gasteiger partial charge in [-0.3, -0.25) is 24.5 Å². The summed E-state index contributed by atoms with van der Waals surface area (Å²) in [5.74, 6) is -5.53. The number of aryl methyl sites for hydroxylation is 1. The number of carbonyl (C=O) groups excluding carboxylic acids is 3. The SMILES string of the molecule is CC(C(=O)[O-])N1CCN(C(CCc2ccc(N)cc2)C(=O)[O-])Cc2cccc(n2)CN(C(CC(=O)O)C(=O)[O-])CC1. The smallest absolute Gasteiger partial charge is 0.305 e. The number of carboxylic acids is 4. The number of pyridine rings is 1. The van der Waals surface area contributed by atoms with E-state index in [4.69, 9.17) is 5.73 Å². The van der Waals surface area contributed by atoms with Gasteiger partial charge in [0.1, 0.15) is 0 Å². The number of benzene rings is 1. The Bertz CT molecular complexity index is 1220. The highest BCUT2D eigenvalue weighted by molar-refractivity contribution is 5.79. The van der Waals surface area contributed by atoms with Crippen LogP contribution in [0.4, 0.5) is 5.69 Å². The Labute approximate surface area is 237 Å². The molecule has 2 aromatic rings. The van der Waals surface area contributed by atoms with E-state index in [0.29, 0.717) is 23.5 Å². The van der Waals surface area contributed by atoms with Crippen LogP contribution < -0.4 is 21.1 Å². The summed E-state index contributed by atoms with van der Waals surface area (Å²) >= 11 is 0. The number of nitrogen functional groups attached to an aromatic ring is 1. The zero-order valence-corrected chi connectivity index (χ0v) is 22.8. The number of hydrogen-bond donors (Lipinski definition) is 2. The van der Waals surface area contributed by atoms with E-state index in [9.17, 15) is 39.6 Å². The molecule has 0 aliphatic carbocycles. The van der Waals surface area contributed by atoms with Gasteiger partial charge in [-0.15, -0.1) is 0 Å². The zero-order valence-electron chi connectivity index (χ0n) is 22.8. The molecule has 2 bridgehead atoms. The predicted molar refractivity (Wildman–Crippen MR) is 140 cm³/mol. The van der Waals surface area contributed by atoms with Crippen LogP contribution in [0.25, 0.3) is 0 Å². The molecule has 3 N–H and O–H groups in total. The van der Waals surface area contributed by atoms with Crippen LogP contribution in [0.15, 0.2) is 42.5 Å². The van der Waals surface area contributed by atoms with Gasteiger partial charge in [-0.2, -0.15) is 0 Å². The van der Waals surface area contributed by atoms with Crippen LogP contribution in [0.5, 0.6) is 0 Å². The maximum Gasteiger partial charge on any atom is 0.305 e. The first kappa shape index (κ1) is 31.5. The topological polar surface area (TPSA) is 206 Å². The molecule has 222 valence electrons. The van der Waals surface area contributed by atoms with Crippen LogP contribution in [0.1, 0.15) is 36.7 Å². The van der Waals surface area contributed by atoms with Crippen LogP contribution in [0, 0.1) is 0 Å². The number of nitrogens with zero attached hydrogens (tertiary/aromatic N) is 4. The minimum absolute atomic E-state index is 0.0174. The monoisotopic (exact) mass is 568 g/mol. The second-order valence-corrected chi connectivity index (χ2v) is 10.1. The third-order valence-electron chi connectivity index (χ3n) is 7.31. The van der Waals surface area contributed by atoms with Gasteiger partial charge in [0.05, 0.1) is 47.8 Å². The molecule has 1 aromatic heterocycles. The van der Waals surface area contributed by atoms with Gasteiger partial charge in [-0.25, -0.2) is 0 Å². The van der Waals surface area contributed by atoms with Crippen molar-refractivity contribution in [3.8, 4) is 0 Å². The molecule has 1 aliphatic rings. The molecule has 3 unspecified atom stereocenters. The van der Waals surface area contributed by atoms with Gasteiger partial charge in [0.25, 0.3) is 0 Å². The summed E-state index contributed by atoms with van der Waals surface area (Å²) in [5.41, 5.74) is 8.18. The second kappa shape index (κ2) is 14.5. The van der Waals surface area contributed by atoms with Crippen LogP contribution >= 0.6 is 0 Å². The van der Waals surface area contributed by atoms with E-state index in [2.05, 4.69) is 4.98 Å². The molecular formula is C28H34N5O8-3. The molecule has 13 nitrogen and oxygen atoms in total. The number of nitrogens with two attached hydrogens (primary N) is 1. The van der Waals surface area contributed by atoms with Gasteiger partial charge >= 0.3 is 5.97 Å². The number of hydrogen-bond acceptors (Lipinski definition) is 12. The van der Waals surface area contributed by atoms with Gasteiger partial charge in [0, 0.05) is 51.0 Å². The summed E-state index contributed by atoms with van der Waals surface area (Å²) in [6.45, 7) is 1.72. The first-order valence-electron chi connectivity index (χ1n) is 13.3. The summed E-state index contributed by atoms with van der Waals surface area (Å²) in [7, 11) is 0. The molecule has 41 heavy (non-hydrogen) atoms. The number of anilines is 1. The van der Waals surface area contributed by atoms with Crippen LogP contribution in [-0.4, -0.2) is 93.0 Å². The molecule has 3 atom stereocenters. The summed E-state index contributed by atoms with van der Waals surface area (Å²) in [4.78, 5) is 56.6. The van der Waals surface area contributed by atoms with E-state index in [-0.39, 0.29) is 45.7 Å². The lowest BCUT2D eigenvalue weighted by molar-refractivity contribution is -0.314. The number of aliphatic carboxylic acids is 4. The quantitative estimate of drug-likeness (QED) is 0.261. The lowest BCUT2D eigenvalue weighted by atomic mass is 10.0. The first-order chi connectivity index (χ1) is 19.4. The second-order valence-electron chi connectivity index (χ2n) is 10.1. The number of aromatic nitrogens is 1. The lowest BCUT2D eigenvalue weighted by Gasteiger charge is -2.39. The Morgan fingerprint density at radius 3 is 1.83 bits per heavy atom. The van der Waals surface area contributed by atoms with Gasteiger partial charge in [0.15, 0.2) is 0 Å². The van der Waals surface area contributed by atoms with Gasteiger partial charge in [-0.05, 0) is 49.6 Å². The predicted octanol–water partition coefficient (Wildman–Crippen LogP) is -2.93. The molecule has 0 spiro atoms. The van der Waals surface area contributed by atoms with E-state index in [1.54, 1.807) is 35.2 Å². The zero-order chi connectivity index (χ0) is 30.1. The Morgan fingerprint density at radius 2 is 1.34 bits per heavy atom. The van der Waals surface area contributed by atoms with Crippen molar-refractivity contribution >= 4 is 29.6 Å². The van der Waals surface area contributed by atoms with Crippen molar-refractivity contribution in [2.45, 2.75) is 57.4 Å². The molecule has 0 fully saturated rings. The Kier molecular flexibility index (Phi) is 11.1. The highest BCUT2D eigenvalue weighted by Crippen LogP contribution is 2.18. The highest BCUT2D eigenvalue weighted by atomic mass is 16.4. The van der Waals surface area contributed by atoms with E-state index in [1.165, 1.54) is 16.7 Å². The van der Waals surface area contributed by atoms with Gasteiger partial charge in [0.2, 0.25) is 0 Å². The van der Waals surface area contributed by atoms with Crippen molar-refractivity contribution in [3.05, 3.63) is 59.4 Å². The number of carboxylic acid groups (broad SMARTS) is 4. The van der Waals surface area contributed by atoms with Crippen LogP contribution in [0.3, 0.4) is 0 Å². The maximum atomic E-state index is 12.3. The first-order valence-corrected chi connectivity index (χ1v) is 13.3. The van der Waals surface area contributed by atoms with Crippen LogP contribution in [-0.2, 0) is 38.7 Å². The number of rotatable bonds is 11. The number of fused-ring (bicyclic) bond motifs is 2. The fraction of sp³-hybridized carbons (Fsp3) is 0.464. The molecular weight excluding hydrogens is 534 g/mol. The fourth-order valence-electron chi connectivity index (χ4n) is 4.94. The third kappa shape index (κ3) is 9.23. The molecule has 1 aliphatic heterocycles. The average molecular weight is 569 g/mol. The molecule has 0 radical (unpaired) electrons. The minimum atomic E-state index is -1.57. The van der Waals surface area contributed by atoms with E-state index in [1.807, 2.05) is 12.1 Å². The molecule has 13 heteroatoms. The van der Waals surface area contributed by atoms with E-state index in [0.717, 1.165) is 5.56 Å². The fourth-order valence-corrected chi connectivity index (χ4v) is 4.94. The Morgan fingerprint density at radius 1 is 0.829 bits per heavy atom. The van der Waals surface area contributed by atoms with Crippen LogP contribution in [0.2, 0.25) is 0 Å². The van der Waals surface area contributed by atoms with Gasteiger partial charge in [-0.1, -0.05) is 18.2 Å². The minimum Gasteiger partial charge on any atom is -0.548 e. The molecule has 1 aromatic carbocycles. The molecule has 0 amide bonds.